The van der Waals surface area contributed by atoms with Gasteiger partial charge in [-0.15, -0.1) is 0 Å². The van der Waals surface area contributed by atoms with E-state index in [4.69, 9.17) is 0 Å². The minimum absolute atomic E-state index is 0.0175. The van der Waals surface area contributed by atoms with E-state index in [1.165, 1.54) is 0 Å². The lowest BCUT2D eigenvalue weighted by Gasteiger charge is -2.35. The molecule has 0 saturated carbocycles. The zero-order valence-electron chi connectivity index (χ0n) is 11.2. The first kappa shape index (κ1) is 14.4. The molecule has 1 saturated heterocycles. The van der Waals surface area contributed by atoms with Crippen LogP contribution in [0.2, 0.25) is 0 Å². The van der Waals surface area contributed by atoms with Crippen molar-refractivity contribution in [1.82, 2.24) is 15.2 Å². The number of hydrogen-bond donors (Lipinski definition) is 2. The first-order chi connectivity index (χ1) is 9.02. The van der Waals surface area contributed by atoms with Crippen molar-refractivity contribution in [2.45, 2.75) is 25.9 Å². The summed E-state index contributed by atoms with van der Waals surface area (Å²) in [7, 11) is 0. The minimum atomic E-state index is -0.0175. The number of aromatic nitrogens is 1. The second-order valence-corrected chi connectivity index (χ2v) is 5.99. The van der Waals surface area contributed by atoms with E-state index in [1.807, 2.05) is 6.07 Å². The van der Waals surface area contributed by atoms with E-state index in [2.05, 4.69) is 50.3 Å². The smallest absolute Gasteiger partial charge is 0.239 e. The van der Waals surface area contributed by atoms with Crippen molar-refractivity contribution in [3.63, 3.8) is 0 Å². The van der Waals surface area contributed by atoms with Gasteiger partial charge in [0.1, 0.15) is 5.82 Å². The third kappa shape index (κ3) is 4.56. The first-order valence-corrected chi connectivity index (χ1v) is 7.22. The Kier molecular flexibility index (Phi) is 4.90. The van der Waals surface area contributed by atoms with Gasteiger partial charge in [0.05, 0.1) is 6.54 Å². The summed E-state index contributed by atoms with van der Waals surface area (Å²) in [6, 6.07) is 4.48. The van der Waals surface area contributed by atoms with Crippen LogP contribution in [-0.4, -0.2) is 47.5 Å². The molecule has 2 heterocycles. The summed E-state index contributed by atoms with van der Waals surface area (Å²) in [5.74, 6) is 0.570. The summed E-state index contributed by atoms with van der Waals surface area (Å²) in [4.78, 5) is 18.3. The molecule has 1 aromatic rings. The van der Waals surface area contributed by atoms with Crippen molar-refractivity contribution in [3.05, 3.63) is 22.8 Å². The van der Waals surface area contributed by atoms with Crippen molar-refractivity contribution in [2.24, 2.45) is 0 Å². The Bertz CT molecular complexity index is 427. The molecule has 1 aliphatic rings. The molecule has 0 bridgehead atoms. The average molecular weight is 327 g/mol. The van der Waals surface area contributed by atoms with Crippen molar-refractivity contribution < 1.29 is 4.79 Å². The van der Waals surface area contributed by atoms with E-state index in [0.29, 0.717) is 24.4 Å². The van der Waals surface area contributed by atoms with Crippen LogP contribution in [0, 0.1) is 0 Å². The lowest BCUT2D eigenvalue weighted by atomic mass is 10.1. The van der Waals surface area contributed by atoms with Crippen LogP contribution in [0.4, 0.5) is 5.82 Å². The number of hydrogen-bond acceptors (Lipinski definition) is 4. The monoisotopic (exact) mass is 326 g/mol. The van der Waals surface area contributed by atoms with Crippen LogP contribution in [0.25, 0.3) is 0 Å². The Hall–Kier alpha value is -0.980. The summed E-state index contributed by atoms with van der Waals surface area (Å²) >= 11 is 3.31. The Labute approximate surface area is 121 Å². The Morgan fingerprint density at radius 1 is 1.47 bits per heavy atom. The molecule has 5 nitrogen and oxygen atoms in total. The molecule has 1 aromatic heterocycles. The molecule has 0 spiro atoms. The molecule has 19 heavy (non-hydrogen) atoms. The number of nitrogens with zero attached hydrogens (tertiary/aromatic N) is 2. The second-order valence-electron chi connectivity index (χ2n) is 5.07. The van der Waals surface area contributed by atoms with E-state index in [0.717, 1.165) is 17.6 Å². The zero-order valence-corrected chi connectivity index (χ0v) is 12.8. The topological polar surface area (TPSA) is 57.3 Å². The predicted molar refractivity (Wildman–Crippen MR) is 79.1 cm³/mol. The molecule has 2 N–H and O–H groups in total. The average Bonchev–Trinajstić information content (AvgIpc) is 2.30. The highest BCUT2D eigenvalue weighted by molar-refractivity contribution is 9.10. The van der Waals surface area contributed by atoms with Crippen molar-refractivity contribution in [3.8, 4) is 0 Å². The quantitative estimate of drug-likeness (QED) is 0.883. The fourth-order valence-corrected chi connectivity index (χ4v) is 2.64. The molecule has 2 rings (SSSR count). The first-order valence-electron chi connectivity index (χ1n) is 6.43. The molecule has 2 atom stereocenters. The van der Waals surface area contributed by atoms with Gasteiger partial charge in [-0.3, -0.25) is 9.69 Å². The molecule has 0 aliphatic carbocycles. The van der Waals surface area contributed by atoms with Crippen molar-refractivity contribution in [1.29, 1.82) is 0 Å². The third-order valence-electron chi connectivity index (χ3n) is 3.00. The lowest BCUT2D eigenvalue weighted by molar-refractivity contribution is -0.117. The molecular formula is C13H19BrN4O. The van der Waals surface area contributed by atoms with Gasteiger partial charge < -0.3 is 10.6 Å². The number of rotatable bonds is 3. The molecule has 0 radical (unpaired) electrons. The number of carbonyl (C=O) groups excluding carboxylic acids is 1. The van der Waals surface area contributed by atoms with Crippen LogP contribution in [0.3, 0.4) is 0 Å². The summed E-state index contributed by atoms with van der Waals surface area (Å²) in [5.41, 5.74) is 0. The maximum absolute atomic E-state index is 12.0. The van der Waals surface area contributed by atoms with Crippen LogP contribution < -0.4 is 10.6 Å². The fraction of sp³-hybridized carbons (Fsp3) is 0.538. The molecule has 0 aromatic carbocycles. The van der Waals surface area contributed by atoms with E-state index >= 15 is 0 Å². The van der Waals surface area contributed by atoms with Crippen LogP contribution in [-0.2, 0) is 4.79 Å². The van der Waals surface area contributed by atoms with Crippen LogP contribution in [0.5, 0.6) is 0 Å². The maximum Gasteiger partial charge on any atom is 0.239 e. The van der Waals surface area contributed by atoms with Gasteiger partial charge in [0.15, 0.2) is 0 Å². The highest BCUT2D eigenvalue weighted by atomic mass is 79.9. The molecule has 104 valence electrons. The van der Waals surface area contributed by atoms with E-state index < -0.39 is 0 Å². The van der Waals surface area contributed by atoms with Gasteiger partial charge >= 0.3 is 0 Å². The second kappa shape index (κ2) is 6.45. The van der Waals surface area contributed by atoms with Gasteiger partial charge in [0, 0.05) is 35.8 Å². The molecule has 1 fully saturated rings. The van der Waals surface area contributed by atoms with Gasteiger partial charge in [-0.1, -0.05) is 0 Å². The summed E-state index contributed by atoms with van der Waals surface area (Å²) in [5, 5.41) is 6.26. The lowest BCUT2D eigenvalue weighted by Crippen LogP contribution is -2.55. The van der Waals surface area contributed by atoms with E-state index in [9.17, 15) is 4.79 Å². The SMILES string of the molecule is CC1CN(CC(=O)Nc2ccc(Br)cn2)CC(C)N1. The van der Waals surface area contributed by atoms with Crippen LogP contribution in [0.15, 0.2) is 22.8 Å². The zero-order chi connectivity index (χ0) is 13.8. The van der Waals surface area contributed by atoms with Crippen LogP contribution >= 0.6 is 15.9 Å². The largest absolute Gasteiger partial charge is 0.310 e. The van der Waals surface area contributed by atoms with Gasteiger partial charge in [-0.2, -0.15) is 0 Å². The van der Waals surface area contributed by atoms with Gasteiger partial charge in [0.2, 0.25) is 5.91 Å². The fourth-order valence-electron chi connectivity index (χ4n) is 2.40. The van der Waals surface area contributed by atoms with Crippen molar-refractivity contribution in [2.75, 3.05) is 25.0 Å². The van der Waals surface area contributed by atoms with Gasteiger partial charge in [-0.05, 0) is 41.9 Å². The van der Waals surface area contributed by atoms with Gasteiger partial charge in [-0.25, -0.2) is 4.98 Å². The highest BCUT2D eigenvalue weighted by Gasteiger charge is 2.22. The van der Waals surface area contributed by atoms with E-state index in [-0.39, 0.29) is 5.91 Å². The predicted octanol–water partition coefficient (Wildman–Crippen LogP) is 1.46. The molecule has 2 unspecified atom stereocenters. The van der Waals surface area contributed by atoms with Crippen molar-refractivity contribution >= 4 is 27.7 Å². The standard InChI is InChI=1S/C13H19BrN4O/c1-9-6-18(7-10(2)16-9)8-13(19)17-12-4-3-11(14)5-15-12/h3-5,9-10,16H,6-8H2,1-2H3,(H,15,17,19). The Morgan fingerprint density at radius 3 is 2.74 bits per heavy atom. The number of pyridine rings is 1. The summed E-state index contributed by atoms with van der Waals surface area (Å²) in [6.07, 6.45) is 1.67. The number of anilines is 1. The van der Waals surface area contributed by atoms with Crippen LogP contribution in [0.1, 0.15) is 13.8 Å². The summed E-state index contributed by atoms with van der Waals surface area (Å²) < 4.78 is 0.898. The Morgan fingerprint density at radius 2 is 2.16 bits per heavy atom. The van der Waals surface area contributed by atoms with Gasteiger partial charge in [0.25, 0.3) is 0 Å². The number of piperazine rings is 1. The highest BCUT2D eigenvalue weighted by Crippen LogP contribution is 2.10. The minimum Gasteiger partial charge on any atom is -0.310 e. The molecular weight excluding hydrogens is 308 g/mol. The molecule has 1 amide bonds. The molecule has 1 aliphatic heterocycles. The maximum atomic E-state index is 12.0. The number of halogens is 1. The Balaban J connectivity index is 1.85. The number of nitrogens with one attached hydrogen (secondary N) is 2. The van der Waals surface area contributed by atoms with E-state index in [1.54, 1.807) is 12.3 Å². The molecule has 6 heteroatoms. The third-order valence-corrected chi connectivity index (χ3v) is 3.46. The number of carbonyl (C=O) groups is 1. The number of amides is 1. The normalized spacial score (nSPS) is 24.2. The summed E-state index contributed by atoms with van der Waals surface area (Å²) in [6.45, 7) is 6.47.